The maximum absolute atomic E-state index is 13.4. The standard InChI is InChI=1S/C21H16FN5O2/c1-25-20(29)18-14-10-26(7-4-16(14)24-27(18)11-21(25)5-6-21)19(28)17-9-12-8-13(22)2-3-15(12)23-17/h2-4,7-10H,5-6,11H2,1H3/p+1. The molecule has 144 valence electrons. The molecule has 4 aromatic rings. The van der Waals surface area contributed by atoms with Crippen LogP contribution in [0, 0.1) is 5.82 Å². The lowest BCUT2D eigenvalue weighted by Gasteiger charge is -2.33. The van der Waals surface area contributed by atoms with Crippen LogP contribution in [0.4, 0.5) is 4.39 Å². The minimum absolute atomic E-state index is 0.0671. The van der Waals surface area contributed by atoms with Crippen molar-refractivity contribution in [3.05, 3.63) is 59.9 Å². The van der Waals surface area contributed by atoms with Crippen LogP contribution in [-0.2, 0) is 6.54 Å². The molecule has 1 spiro atoms. The highest BCUT2D eigenvalue weighted by molar-refractivity contribution is 6.05. The van der Waals surface area contributed by atoms with Gasteiger partial charge in [0.1, 0.15) is 17.0 Å². The van der Waals surface area contributed by atoms with Gasteiger partial charge in [-0.25, -0.2) is 9.18 Å². The van der Waals surface area contributed by atoms with Crippen LogP contribution in [0.15, 0.2) is 42.7 Å². The Hall–Kier alpha value is -3.55. The van der Waals surface area contributed by atoms with Gasteiger partial charge in [-0.1, -0.05) is 0 Å². The van der Waals surface area contributed by atoms with Crippen LogP contribution in [0.2, 0.25) is 0 Å². The van der Waals surface area contributed by atoms with E-state index < -0.39 is 0 Å². The maximum atomic E-state index is 13.4. The second-order valence-corrected chi connectivity index (χ2v) is 7.97. The molecule has 7 nitrogen and oxygen atoms in total. The van der Waals surface area contributed by atoms with E-state index in [4.69, 9.17) is 0 Å². The monoisotopic (exact) mass is 390 g/mol. The predicted octanol–water partition coefficient (Wildman–Crippen LogP) is 2.25. The number of likely N-dealkylation sites (N-methyl/N-ethyl adjacent to an activating group) is 1. The fourth-order valence-electron chi connectivity index (χ4n) is 4.30. The number of nitrogens with zero attached hydrogens (tertiary/aromatic N) is 4. The SMILES string of the molecule is CN1C(=O)c2c3c[n+](C(=O)c4cc5cc(F)ccc5[nH]4)ccc3nn2CC12CC2. The molecule has 29 heavy (non-hydrogen) atoms. The first-order valence-corrected chi connectivity index (χ1v) is 9.48. The number of halogens is 1. The largest absolute Gasteiger partial charge is 0.441 e. The molecule has 1 aliphatic heterocycles. The van der Waals surface area contributed by atoms with E-state index in [0.29, 0.717) is 39.7 Å². The Morgan fingerprint density at radius 2 is 2.10 bits per heavy atom. The van der Waals surface area contributed by atoms with Crippen molar-refractivity contribution in [3.8, 4) is 0 Å². The molecular formula is C21H17FN5O2+. The summed E-state index contributed by atoms with van der Waals surface area (Å²) in [4.78, 5) is 30.8. The number of pyridine rings is 1. The van der Waals surface area contributed by atoms with E-state index in [-0.39, 0.29) is 23.2 Å². The van der Waals surface area contributed by atoms with E-state index in [9.17, 15) is 14.0 Å². The third kappa shape index (κ3) is 2.22. The van der Waals surface area contributed by atoms with Gasteiger partial charge in [-0.3, -0.25) is 9.48 Å². The quantitative estimate of drug-likeness (QED) is 0.507. The molecule has 0 atom stereocenters. The van der Waals surface area contributed by atoms with E-state index in [2.05, 4.69) is 10.1 Å². The normalized spacial score (nSPS) is 17.3. The Labute approximate surface area is 164 Å². The third-order valence-electron chi connectivity index (χ3n) is 6.22. The van der Waals surface area contributed by atoms with Crippen LogP contribution >= 0.6 is 0 Å². The summed E-state index contributed by atoms with van der Waals surface area (Å²) < 4.78 is 16.7. The molecule has 1 N–H and O–H groups in total. The molecule has 0 saturated heterocycles. The van der Waals surface area contributed by atoms with Crippen molar-refractivity contribution in [3.63, 3.8) is 0 Å². The lowest BCUT2D eigenvalue weighted by atomic mass is 10.1. The number of fused-ring (bicyclic) bond motifs is 4. The number of aromatic amines is 1. The van der Waals surface area contributed by atoms with Crippen molar-refractivity contribution in [1.29, 1.82) is 0 Å². The van der Waals surface area contributed by atoms with E-state index >= 15 is 0 Å². The lowest BCUT2D eigenvalue weighted by Crippen LogP contribution is -2.48. The molecule has 8 heteroatoms. The Morgan fingerprint density at radius 1 is 1.28 bits per heavy atom. The summed E-state index contributed by atoms with van der Waals surface area (Å²) in [5, 5.41) is 5.86. The number of hydrogen-bond donors (Lipinski definition) is 1. The number of H-pyrrole nitrogens is 1. The van der Waals surface area contributed by atoms with Crippen molar-refractivity contribution < 1.29 is 18.5 Å². The molecule has 0 unspecified atom stereocenters. The van der Waals surface area contributed by atoms with Crippen LogP contribution in [0.1, 0.15) is 33.8 Å². The van der Waals surface area contributed by atoms with E-state index in [0.717, 1.165) is 12.8 Å². The predicted molar refractivity (Wildman–Crippen MR) is 102 cm³/mol. The van der Waals surface area contributed by atoms with Gasteiger partial charge in [-0.15, -0.1) is 4.57 Å². The zero-order chi connectivity index (χ0) is 19.9. The molecule has 2 aliphatic rings. The Morgan fingerprint density at radius 3 is 2.90 bits per heavy atom. The van der Waals surface area contributed by atoms with Gasteiger partial charge in [0.25, 0.3) is 5.91 Å². The first-order chi connectivity index (χ1) is 13.9. The zero-order valence-corrected chi connectivity index (χ0v) is 15.6. The molecule has 1 fully saturated rings. The number of carbonyl (C=O) groups excluding carboxylic acids is 2. The highest BCUT2D eigenvalue weighted by Gasteiger charge is 2.53. The van der Waals surface area contributed by atoms with Gasteiger partial charge in [0, 0.05) is 24.0 Å². The second-order valence-electron chi connectivity index (χ2n) is 7.97. The Balaban J connectivity index is 1.45. The van der Waals surface area contributed by atoms with Crippen LogP contribution in [0.5, 0.6) is 0 Å². The van der Waals surface area contributed by atoms with Gasteiger partial charge >= 0.3 is 5.91 Å². The van der Waals surface area contributed by atoms with Crippen molar-refractivity contribution in [2.45, 2.75) is 24.9 Å². The van der Waals surface area contributed by atoms with Gasteiger partial charge in [0.05, 0.1) is 17.5 Å². The van der Waals surface area contributed by atoms with Crippen LogP contribution < -0.4 is 4.57 Å². The summed E-state index contributed by atoms with van der Waals surface area (Å²) in [6.45, 7) is 0.681. The molecule has 6 rings (SSSR count). The maximum Gasteiger partial charge on any atom is 0.441 e. The van der Waals surface area contributed by atoms with Gasteiger partial charge < -0.3 is 9.88 Å². The topological polar surface area (TPSA) is 74.9 Å². The van der Waals surface area contributed by atoms with Crippen molar-refractivity contribution in [2.75, 3.05) is 7.05 Å². The van der Waals surface area contributed by atoms with Crippen LogP contribution in [0.3, 0.4) is 0 Å². The molecule has 4 heterocycles. The van der Waals surface area contributed by atoms with Crippen molar-refractivity contribution in [2.24, 2.45) is 0 Å². The zero-order valence-electron chi connectivity index (χ0n) is 15.6. The summed E-state index contributed by atoms with van der Waals surface area (Å²) in [5.41, 5.74) is 2.13. The molecule has 1 aromatic carbocycles. The summed E-state index contributed by atoms with van der Waals surface area (Å²) in [7, 11) is 1.84. The van der Waals surface area contributed by atoms with E-state index in [1.54, 1.807) is 35.3 Å². The molecule has 1 aliphatic carbocycles. The number of hydrogen-bond acceptors (Lipinski definition) is 3. The Kier molecular flexibility index (Phi) is 2.99. The number of aromatic nitrogens is 4. The highest BCUT2D eigenvalue weighted by Crippen LogP contribution is 2.46. The van der Waals surface area contributed by atoms with Crippen LogP contribution in [-0.4, -0.2) is 44.1 Å². The summed E-state index contributed by atoms with van der Waals surface area (Å²) >= 11 is 0. The third-order valence-corrected chi connectivity index (χ3v) is 6.22. The molecular weight excluding hydrogens is 373 g/mol. The smallest absolute Gasteiger partial charge is 0.347 e. The number of amides is 1. The first kappa shape index (κ1) is 16.4. The number of nitrogens with one attached hydrogen (secondary N) is 1. The molecule has 3 aromatic heterocycles. The Bertz CT molecular complexity index is 1360. The summed E-state index contributed by atoms with van der Waals surface area (Å²) in [6.07, 6.45) is 5.27. The molecule has 0 radical (unpaired) electrons. The second kappa shape index (κ2) is 5.28. The summed E-state index contributed by atoms with van der Waals surface area (Å²) in [6, 6.07) is 7.70. The average molecular weight is 390 g/mol. The minimum Gasteiger partial charge on any atom is -0.347 e. The van der Waals surface area contributed by atoms with E-state index in [1.165, 1.54) is 16.7 Å². The van der Waals surface area contributed by atoms with Crippen molar-refractivity contribution >= 4 is 33.6 Å². The number of carbonyl (C=O) groups is 2. The highest BCUT2D eigenvalue weighted by atomic mass is 19.1. The van der Waals surface area contributed by atoms with E-state index in [1.807, 2.05) is 11.9 Å². The van der Waals surface area contributed by atoms with Gasteiger partial charge in [0.2, 0.25) is 0 Å². The fourth-order valence-corrected chi connectivity index (χ4v) is 4.30. The average Bonchev–Trinajstić information content (AvgIpc) is 3.20. The molecule has 1 amide bonds. The first-order valence-electron chi connectivity index (χ1n) is 9.48. The molecule has 0 bridgehead atoms. The molecule has 1 saturated carbocycles. The van der Waals surface area contributed by atoms with Crippen molar-refractivity contribution in [1.82, 2.24) is 19.7 Å². The van der Waals surface area contributed by atoms with Gasteiger partial charge in [-0.2, -0.15) is 5.10 Å². The fraction of sp³-hybridized carbons (Fsp3) is 0.238. The lowest BCUT2D eigenvalue weighted by molar-refractivity contribution is -0.569. The van der Waals surface area contributed by atoms with Gasteiger partial charge in [-0.05, 0) is 37.1 Å². The number of rotatable bonds is 1. The van der Waals surface area contributed by atoms with Gasteiger partial charge in [0.15, 0.2) is 18.1 Å². The number of benzene rings is 1. The van der Waals surface area contributed by atoms with Crippen LogP contribution in [0.25, 0.3) is 21.8 Å². The minimum atomic E-state index is -0.354. The summed E-state index contributed by atoms with van der Waals surface area (Å²) in [5.74, 6) is -0.714.